The highest BCUT2D eigenvalue weighted by molar-refractivity contribution is 9.10. The van der Waals surface area contributed by atoms with Crippen molar-refractivity contribution in [1.82, 2.24) is 14.6 Å². The van der Waals surface area contributed by atoms with Crippen LogP contribution in [0.4, 0.5) is 0 Å². The van der Waals surface area contributed by atoms with E-state index >= 15 is 0 Å². The number of thioether (sulfide) groups is 1. The first kappa shape index (κ1) is 12.7. The highest BCUT2D eigenvalue weighted by Crippen LogP contribution is 2.23. The van der Waals surface area contributed by atoms with Gasteiger partial charge in [0.15, 0.2) is 5.65 Å². The molecule has 3 aromatic rings. The largest absolute Gasteiger partial charge is 0.231 e. The van der Waals surface area contributed by atoms with E-state index in [2.05, 4.69) is 56.5 Å². The first-order valence-corrected chi connectivity index (χ1v) is 7.87. The lowest BCUT2D eigenvalue weighted by atomic mass is 10.1. The third-order valence-electron chi connectivity index (χ3n) is 2.97. The van der Waals surface area contributed by atoms with E-state index in [1.165, 1.54) is 4.90 Å². The molecule has 0 amide bonds. The molecule has 0 atom stereocenters. The Kier molecular flexibility index (Phi) is 3.33. The molecule has 2 heterocycles. The number of aromatic nitrogens is 3. The maximum Gasteiger partial charge on any atom is 0.155 e. The van der Waals surface area contributed by atoms with E-state index in [1.807, 2.05) is 23.6 Å². The van der Waals surface area contributed by atoms with Crippen molar-refractivity contribution in [2.45, 2.75) is 11.8 Å². The summed E-state index contributed by atoms with van der Waals surface area (Å²) in [6.07, 6.45) is 2.07. The third kappa shape index (κ3) is 2.28. The number of halogens is 1. The van der Waals surface area contributed by atoms with E-state index in [9.17, 15) is 0 Å². The molecule has 19 heavy (non-hydrogen) atoms. The van der Waals surface area contributed by atoms with Gasteiger partial charge in [0.2, 0.25) is 0 Å². The van der Waals surface area contributed by atoms with Crippen molar-refractivity contribution in [2.24, 2.45) is 0 Å². The fourth-order valence-electron chi connectivity index (χ4n) is 1.93. The van der Waals surface area contributed by atoms with Crippen LogP contribution in [0.3, 0.4) is 0 Å². The predicted octanol–water partition coefficient (Wildman–Crippen LogP) is 4.19. The zero-order valence-corrected chi connectivity index (χ0v) is 13.0. The molecule has 2 aromatic heterocycles. The molecule has 96 valence electrons. The molecule has 0 N–H and O–H groups in total. The topological polar surface area (TPSA) is 30.2 Å². The molecule has 0 saturated heterocycles. The molecule has 0 radical (unpaired) electrons. The van der Waals surface area contributed by atoms with Crippen molar-refractivity contribution in [2.75, 3.05) is 6.26 Å². The van der Waals surface area contributed by atoms with Crippen molar-refractivity contribution < 1.29 is 0 Å². The van der Waals surface area contributed by atoms with E-state index < -0.39 is 0 Å². The monoisotopic (exact) mass is 333 g/mol. The van der Waals surface area contributed by atoms with Gasteiger partial charge in [-0.2, -0.15) is 5.10 Å². The van der Waals surface area contributed by atoms with Gasteiger partial charge in [0, 0.05) is 10.5 Å². The third-order valence-corrected chi connectivity index (χ3v) is 4.62. The maximum atomic E-state index is 4.62. The summed E-state index contributed by atoms with van der Waals surface area (Å²) in [5.41, 5.74) is 3.85. The van der Waals surface area contributed by atoms with Crippen LogP contribution in [0.2, 0.25) is 0 Å². The van der Waals surface area contributed by atoms with Gasteiger partial charge >= 0.3 is 0 Å². The molecule has 0 spiro atoms. The van der Waals surface area contributed by atoms with Crippen molar-refractivity contribution in [3.05, 3.63) is 46.7 Å². The minimum atomic E-state index is 0.855. The zero-order chi connectivity index (χ0) is 13.4. The molecule has 0 unspecified atom stereocenters. The minimum absolute atomic E-state index is 0.855. The Bertz CT molecular complexity index is 734. The summed E-state index contributed by atoms with van der Waals surface area (Å²) in [6, 6.07) is 12.4. The first-order chi connectivity index (χ1) is 9.19. The second-order valence-electron chi connectivity index (χ2n) is 4.21. The van der Waals surface area contributed by atoms with E-state index in [1.54, 1.807) is 11.8 Å². The standard InChI is InChI=1S/C14H12BrN3S/c1-9-14(15)18-13(16-9)8-7-12(17-18)10-3-5-11(19-2)6-4-10/h3-8H,1-2H3. The Morgan fingerprint density at radius 1 is 1.11 bits per heavy atom. The number of aryl methyl sites for hydroxylation is 1. The molecular weight excluding hydrogens is 322 g/mol. The van der Waals surface area contributed by atoms with Gasteiger partial charge in [-0.05, 0) is 53.4 Å². The predicted molar refractivity (Wildman–Crippen MR) is 82.6 cm³/mol. The SMILES string of the molecule is CSc1ccc(-c2ccc3nc(C)c(Br)n3n2)cc1. The molecule has 0 aliphatic rings. The second kappa shape index (κ2) is 4.98. The fourth-order valence-corrected chi connectivity index (χ4v) is 2.69. The normalized spacial score (nSPS) is 11.1. The Hall–Kier alpha value is -1.33. The van der Waals surface area contributed by atoms with E-state index in [-0.39, 0.29) is 0 Å². The fraction of sp³-hybridized carbons (Fsp3) is 0.143. The molecule has 5 heteroatoms. The lowest BCUT2D eigenvalue weighted by Gasteiger charge is -2.03. The van der Waals surface area contributed by atoms with Crippen LogP contribution in [-0.4, -0.2) is 20.9 Å². The van der Waals surface area contributed by atoms with Gasteiger partial charge in [-0.15, -0.1) is 11.8 Å². The van der Waals surface area contributed by atoms with Crippen LogP contribution in [0.5, 0.6) is 0 Å². The Balaban J connectivity index is 2.11. The second-order valence-corrected chi connectivity index (χ2v) is 5.84. The Morgan fingerprint density at radius 2 is 1.84 bits per heavy atom. The summed E-state index contributed by atoms with van der Waals surface area (Å²) in [5, 5.41) is 4.62. The summed E-state index contributed by atoms with van der Waals surface area (Å²) < 4.78 is 2.73. The summed E-state index contributed by atoms with van der Waals surface area (Å²) in [4.78, 5) is 5.68. The van der Waals surface area contributed by atoms with E-state index in [0.717, 1.165) is 27.2 Å². The summed E-state index contributed by atoms with van der Waals surface area (Å²) in [6.45, 7) is 1.96. The molecule has 3 rings (SSSR count). The van der Waals surface area contributed by atoms with E-state index in [4.69, 9.17) is 0 Å². The molecule has 0 aliphatic heterocycles. The van der Waals surface area contributed by atoms with E-state index in [0.29, 0.717) is 0 Å². The van der Waals surface area contributed by atoms with Crippen molar-refractivity contribution in [3.63, 3.8) is 0 Å². The van der Waals surface area contributed by atoms with Crippen LogP contribution < -0.4 is 0 Å². The first-order valence-electron chi connectivity index (χ1n) is 5.85. The van der Waals surface area contributed by atoms with Crippen LogP contribution in [0, 0.1) is 6.92 Å². The van der Waals surface area contributed by atoms with Crippen LogP contribution in [0.1, 0.15) is 5.69 Å². The van der Waals surface area contributed by atoms with Gasteiger partial charge in [0.05, 0.1) is 11.4 Å². The molecule has 0 aliphatic carbocycles. The van der Waals surface area contributed by atoms with Gasteiger partial charge in [-0.25, -0.2) is 9.50 Å². The average molecular weight is 334 g/mol. The van der Waals surface area contributed by atoms with Crippen LogP contribution in [-0.2, 0) is 0 Å². The summed E-state index contributed by atoms with van der Waals surface area (Å²) >= 11 is 5.25. The minimum Gasteiger partial charge on any atom is -0.231 e. The smallest absolute Gasteiger partial charge is 0.155 e. The van der Waals surface area contributed by atoms with Gasteiger partial charge in [0.1, 0.15) is 4.60 Å². The van der Waals surface area contributed by atoms with Gasteiger partial charge in [-0.1, -0.05) is 12.1 Å². The van der Waals surface area contributed by atoms with Crippen LogP contribution >= 0.6 is 27.7 Å². The molecule has 0 fully saturated rings. The molecule has 1 aromatic carbocycles. The Labute approximate surface area is 124 Å². The Morgan fingerprint density at radius 3 is 2.53 bits per heavy atom. The lowest BCUT2D eigenvalue weighted by Crippen LogP contribution is -1.94. The molecule has 0 bridgehead atoms. The van der Waals surface area contributed by atoms with Gasteiger partial charge in [-0.3, -0.25) is 0 Å². The van der Waals surface area contributed by atoms with Crippen molar-refractivity contribution >= 4 is 33.3 Å². The van der Waals surface area contributed by atoms with Crippen LogP contribution in [0.15, 0.2) is 45.9 Å². The highest BCUT2D eigenvalue weighted by Gasteiger charge is 2.08. The van der Waals surface area contributed by atoms with Crippen LogP contribution in [0.25, 0.3) is 16.9 Å². The number of benzene rings is 1. The summed E-state index contributed by atoms with van der Waals surface area (Å²) in [7, 11) is 0. The molecule has 0 saturated carbocycles. The van der Waals surface area contributed by atoms with Gasteiger partial charge < -0.3 is 0 Å². The van der Waals surface area contributed by atoms with Crippen molar-refractivity contribution in [3.8, 4) is 11.3 Å². The summed E-state index contributed by atoms with van der Waals surface area (Å²) in [5.74, 6) is 0. The number of rotatable bonds is 2. The number of hydrogen-bond acceptors (Lipinski definition) is 3. The lowest BCUT2D eigenvalue weighted by molar-refractivity contribution is 0.919. The highest BCUT2D eigenvalue weighted by atomic mass is 79.9. The maximum absolute atomic E-state index is 4.62. The number of fused-ring (bicyclic) bond motifs is 1. The quantitative estimate of drug-likeness (QED) is 0.658. The van der Waals surface area contributed by atoms with Gasteiger partial charge in [0.25, 0.3) is 0 Å². The zero-order valence-electron chi connectivity index (χ0n) is 10.6. The number of imidazole rings is 1. The molecule has 3 nitrogen and oxygen atoms in total. The average Bonchev–Trinajstić information content (AvgIpc) is 2.74. The number of hydrogen-bond donors (Lipinski definition) is 0. The van der Waals surface area contributed by atoms with Crippen molar-refractivity contribution in [1.29, 1.82) is 0 Å². The number of nitrogens with zero attached hydrogens (tertiary/aromatic N) is 3. The molecular formula is C14H12BrN3S.